The van der Waals surface area contributed by atoms with Gasteiger partial charge in [0, 0.05) is 51.3 Å². The van der Waals surface area contributed by atoms with Gasteiger partial charge in [0.15, 0.2) is 0 Å². The highest BCUT2D eigenvalue weighted by Crippen LogP contribution is 2.35. The number of nitrogens with zero attached hydrogens (tertiary/aromatic N) is 3. The van der Waals surface area contributed by atoms with E-state index >= 15 is 0 Å². The van der Waals surface area contributed by atoms with Crippen LogP contribution in [-0.2, 0) is 15.8 Å². The lowest BCUT2D eigenvalue weighted by Crippen LogP contribution is -2.49. The van der Waals surface area contributed by atoms with Crippen molar-refractivity contribution in [1.29, 1.82) is 0 Å². The zero-order valence-corrected chi connectivity index (χ0v) is 16.9. The van der Waals surface area contributed by atoms with Crippen molar-refractivity contribution in [2.45, 2.75) is 44.8 Å². The number of hydrogen-bond donors (Lipinski definition) is 1. The molecule has 0 spiro atoms. The molecule has 6 nitrogen and oxygen atoms in total. The predicted molar refractivity (Wildman–Crippen MR) is 103 cm³/mol. The molecule has 0 radical (unpaired) electrons. The molecule has 10 heteroatoms. The summed E-state index contributed by atoms with van der Waals surface area (Å²) in [6.07, 6.45) is -1.00. The standard InChI is InChI=1S/C19H24ClF3N4O2/c1-12(28)25-15-4-8-27(9-5-15)18(29)13-2-6-26(7-3-13)17-16(20)10-14(11-24-17)19(21,22)23/h10-11,13,15H,2-9H2,1H3,(H,25,28). The fourth-order valence-electron chi connectivity index (χ4n) is 3.95. The highest BCUT2D eigenvalue weighted by molar-refractivity contribution is 6.33. The number of carbonyl (C=O) groups is 2. The van der Waals surface area contributed by atoms with E-state index in [-0.39, 0.29) is 28.8 Å². The van der Waals surface area contributed by atoms with Gasteiger partial charge in [-0.1, -0.05) is 11.6 Å². The molecule has 0 bridgehead atoms. The first-order chi connectivity index (χ1) is 13.6. The van der Waals surface area contributed by atoms with Gasteiger partial charge in [-0.15, -0.1) is 0 Å². The van der Waals surface area contributed by atoms with Gasteiger partial charge in [0.25, 0.3) is 0 Å². The van der Waals surface area contributed by atoms with E-state index in [2.05, 4.69) is 10.3 Å². The topological polar surface area (TPSA) is 65.5 Å². The van der Waals surface area contributed by atoms with Gasteiger partial charge in [-0.2, -0.15) is 13.2 Å². The van der Waals surface area contributed by atoms with Gasteiger partial charge in [0.05, 0.1) is 10.6 Å². The molecule has 1 aromatic rings. The van der Waals surface area contributed by atoms with Crippen molar-refractivity contribution in [3.8, 4) is 0 Å². The first kappa shape index (κ1) is 21.7. The lowest BCUT2D eigenvalue weighted by molar-refractivity contribution is -0.138. The van der Waals surface area contributed by atoms with Crippen LogP contribution in [0.2, 0.25) is 5.02 Å². The molecule has 2 aliphatic rings. The second-order valence-electron chi connectivity index (χ2n) is 7.59. The van der Waals surface area contributed by atoms with E-state index in [0.29, 0.717) is 44.8 Å². The molecule has 0 aliphatic carbocycles. The minimum absolute atomic E-state index is 0.0374. The van der Waals surface area contributed by atoms with Crippen molar-refractivity contribution >= 4 is 29.2 Å². The number of pyridine rings is 1. The Morgan fingerprint density at radius 3 is 2.28 bits per heavy atom. The van der Waals surface area contributed by atoms with E-state index in [1.807, 2.05) is 9.80 Å². The van der Waals surface area contributed by atoms with Crippen molar-refractivity contribution in [3.63, 3.8) is 0 Å². The van der Waals surface area contributed by atoms with Crippen molar-refractivity contribution < 1.29 is 22.8 Å². The molecule has 1 aromatic heterocycles. The summed E-state index contributed by atoms with van der Waals surface area (Å²) in [5.74, 6) is 0.258. The summed E-state index contributed by atoms with van der Waals surface area (Å²) in [5, 5.41) is 2.85. The van der Waals surface area contributed by atoms with Crippen LogP contribution in [0.5, 0.6) is 0 Å². The third-order valence-corrected chi connectivity index (χ3v) is 5.78. The lowest BCUT2D eigenvalue weighted by atomic mass is 9.93. The number of nitrogens with one attached hydrogen (secondary N) is 1. The molecule has 2 amide bonds. The zero-order chi connectivity index (χ0) is 21.2. The largest absolute Gasteiger partial charge is 0.417 e. The monoisotopic (exact) mass is 432 g/mol. The summed E-state index contributed by atoms with van der Waals surface area (Å²) < 4.78 is 38.3. The smallest absolute Gasteiger partial charge is 0.355 e. The average Bonchev–Trinajstić information content (AvgIpc) is 2.67. The number of carbonyl (C=O) groups excluding carboxylic acids is 2. The molecule has 0 unspecified atom stereocenters. The van der Waals surface area contributed by atoms with Crippen LogP contribution >= 0.6 is 11.6 Å². The average molecular weight is 433 g/mol. The highest BCUT2D eigenvalue weighted by atomic mass is 35.5. The third-order valence-electron chi connectivity index (χ3n) is 5.51. The normalized spacial score (nSPS) is 19.3. The van der Waals surface area contributed by atoms with Gasteiger partial charge in [-0.05, 0) is 31.7 Å². The summed E-state index contributed by atoms with van der Waals surface area (Å²) in [4.78, 5) is 31.5. The Morgan fingerprint density at radius 2 is 1.76 bits per heavy atom. The molecule has 160 valence electrons. The number of alkyl halides is 3. The second kappa shape index (κ2) is 8.77. The summed E-state index contributed by atoms with van der Waals surface area (Å²) in [5.41, 5.74) is -0.876. The maximum atomic E-state index is 12.8. The highest BCUT2D eigenvalue weighted by Gasteiger charge is 2.34. The summed E-state index contributed by atoms with van der Waals surface area (Å²) in [7, 11) is 0. The van der Waals surface area contributed by atoms with Crippen LogP contribution < -0.4 is 10.2 Å². The van der Waals surface area contributed by atoms with Crippen molar-refractivity contribution in [3.05, 3.63) is 22.8 Å². The Balaban J connectivity index is 1.53. The molecule has 29 heavy (non-hydrogen) atoms. The molecule has 2 saturated heterocycles. The lowest BCUT2D eigenvalue weighted by Gasteiger charge is -2.37. The van der Waals surface area contributed by atoms with Crippen LogP contribution in [0.1, 0.15) is 38.2 Å². The van der Waals surface area contributed by atoms with Gasteiger partial charge in [-0.25, -0.2) is 4.98 Å². The quantitative estimate of drug-likeness (QED) is 0.797. The number of amides is 2. The van der Waals surface area contributed by atoms with E-state index in [0.717, 1.165) is 25.1 Å². The number of halogens is 4. The molecular weight excluding hydrogens is 409 g/mol. The Kier molecular flexibility index (Phi) is 6.55. The van der Waals surface area contributed by atoms with Crippen molar-refractivity contribution in [2.75, 3.05) is 31.1 Å². The maximum Gasteiger partial charge on any atom is 0.417 e. The number of piperidine rings is 2. The molecule has 2 fully saturated rings. The van der Waals surface area contributed by atoms with Crippen molar-refractivity contribution in [2.24, 2.45) is 5.92 Å². The minimum Gasteiger partial charge on any atom is -0.355 e. The van der Waals surface area contributed by atoms with E-state index in [4.69, 9.17) is 11.6 Å². The zero-order valence-electron chi connectivity index (χ0n) is 16.1. The Hall–Kier alpha value is -2.03. The molecular formula is C19H24ClF3N4O2. The maximum absolute atomic E-state index is 12.8. The van der Waals surface area contributed by atoms with E-state index < -0.39 is 11.7 Å². The molecule has 3 rings (SSSR count). The van der Waals surface area contributed by atoms with E-state index in [1.165, 1.54) is 6.92 Å². The first-order valence-electron chi connectivity index (χ1n) is 9.68. The number of rotatable bonds is 3. The SMILES string of the molecule is CC(=O)NC1CCN(C(=O)C2CCN(c3ncc(C(F)(F)F)cc3Cl)CC2)CC1. The molecule has 2 aliphatic heterocycles. The van der Waals surface area contributed by atoms with Crippen molar-refractivity contribution in [1.82, 2.24) is 15.2 Å². The summed E-state index contributed by atoms with van der Waals surface area (Å²) >= 11 is 6.03. The van der Waals surface area contributed by atoms with Crippen LogP contribution in [0.3, 0.4) is 0 Å². The van der Waals surface area contributed by atoms with Gasteiger partial charge in [0.2, 0.25) is 11.8 Å². The van der Waals surface area contributed by atoms with Crippen LogP contribution in [-0.4, -0.2) is 53.9 Å². The number of hydrogen-bond acceptors (Lipinski definition) is 4. The fourth-order valence-corrected chi connectivity index (χ4v) is 4.23. The summed E-state index contributed by atoms with van der Waals surface area (Å²) in [6.45, 7) is 3.75. The Bertz CT molecular complexity index is 758. The molecule has 0 atom stereocenters. The number of aromatic nitrogens is 1. The Labute approximate surface area is 172 Å². The van der Waals surface area contributed by atoms with E-state index in [1.54, 1.807) is 0 Å². The molecule has 0 saturated carbocycles. The van der Waals surface area contributed by atoms with Crippen LogP contribution in [0.4, 0.5) is 19.0 Å². The third kappa shape index (κ3) is 5.32. The van der Waals surface area contributed by atoms with Gasteiger partial charge in [0.1, 0.15) is 5.82 Å². The molecule has 3 heterocycles. The van der Waals surface area contributed by atoms with Gasteiger partial charge < -0.3 is 15.1 Å². The first-order valence-corrected chi connectivity index (χ1v) is 10.1. The second-order valence-corrected chi connectivity index (χ2v) is 8.00. The molecule has 0 aromatic carbocycles. The number of anilines is 1. The summed E-state index contributed by atoms with van der Waals surface area (Å²) in [6, 6.07) is 1.01. The van der Waals surface area contributed by atoms with E-state index in [9.17, 15) is 22.8 Å². The predicted octanol–water partition coefficient (Wildman–Crippen LogP) is 3.10. The fraction of sp³-hybridized carbons (Fsp3) is 0.632. The molecule has 1 N–H and O–H groups in total. The minimum atomic E-state index is -4.48. The van der Waals surface area contributed by atoms with Crippen LogP contribution in [0.15, 0.2) is 12.3 Å². The van der Waals surface area contributed by atoms with Crippen LogP contribution in [0, 0.1) is 5.92 Å². The van der Waals surface area contributed by atoms with Crippen LogP contribution in [0.25, 0.3) is 0 Å². The number of likely N-dealkylation sites (tertiary alicyclic amines) is 1. The van der Waals surface area contributed by atoms with Gasteiger partial charge in [-0.3, -0.25) is 9.59 Å². The van der Waals surface area contributed by atoms with Gasteiger partial charge >= 0.3 is 6.18 Å². The Morgan fingerprint density at radius 1 is 1.14 bits per heavy atom.